The predicted molar refractivity (Wildman–Crippen MR) is 93.1 cm³/mol. The summed E-state index contributed by atoms with van der Waals surface area (Å²) in [6.45, 7) is 0.0940. The van der Waals surface area contributed by atoms with Crippen LogP contribution in [0.1, 0.15) is 26.3 Å². The van der Waals surface area contributed by atoms with Crippen molar-refractivity contribution in [2.24, 2.45) is 5.14 Å². The van der Waals surface area contributed by atoms with E-state index in [9.17, 15) is 18.0 Å². The van der Waals surface area contributed by atoms with Gasteiger partial charge < -0.3 is 9.47 Å². The zero-order valence-electron chi connectivity index (χ0n) is 13.4. The van der Waals surface area contributed by atoms with Crippen molar-refractivity contribution in [3.63, 3.8) is 0 Å². The van der Waals surface area contributed by atoms with Crippen LogP contribution in [0.5, 0.6) is 5.75 Å². The molecule has 0 saturated carbocycles. The SMILES string of the molecule is NS(=O)(=O)c1cc(C(=O)OCC(=O)c2ccc3c(c2)CCO3)ccc1Cl. The number of nitrogens with two attached hydrogens (primary N) is 1. The Labute approximate surface area is 154 Å². The normalized spacial score (nSPS) is 13.0. The second-order valence-corrected chi connectivity index (χ2v) is 7.55. The topological polar surface area (TPSA) is 113 Å². The number of primary sulfonamides is 1. The van der Waals surface area contributed by atoms with Gasteiger partial charge in [-0.2, -0.15) is 0 Å². The minimum atomic E-state index is -4.09. The summed E-state index contributed by atoms with van der Waals surface area (Å²) in [5.74, 6) is -0.492. The molecule has 136 valence electrons. The quantitative estimate of drug-likeness (QED) is 0.611. The Balaban J connectivity index is 1.70. The zero-order chi connectivity index (χ0) is 18.9. The highest BCUT2D eigenvalue weighted by Gasteiger charge is 2.19. The number of carbonyl (C=O) groups is 2. The predicted octanol–water partition coefficient (Wildman–Crippen LogP) is 1.96. The van der Waals surface area contributed by atoms with Crippen molar-refractivity contribution >= 4 is 33.4 Å². The highest BCUT2D eigenvalue weighted by atomic mass is 35.5. The van der Waals surface area contributed by atoms with Crippen molar-refractivity contribution in [3.05, 3.63) is 58.1 Å². The summed E-state index contributed by atoms with van der Waals surface area (Å²) in [5.41, 5.74) is 1.26. The van der Waals surface area contributed by atoms with Gasteiger partial charge in [0.1, 0.15) is 10.6 Å². The van der Waals surface area contributed by atoms with Crippen LogP contribution >= 0.6 is 11.6 Å². The van der Waals surface area contributed by atoms with Crippen LogP contribution in [0.15, 0.2) is 41.3 Å². The van der Waals surface area contributed by atoms with Gasteiger partial charge >= 0.3 is 5.97 Å². The smallest absolute Gasteiger partial charge is 0.338 e. The Morgan fingerprint density at radius 3 is 2.62 bits per heavy atom. The van der Waals surface area contributed by atoms with E-state index >= 15 is 0 Å². The second kappa shape index (κ2) is 7.06. The third kappa shape index (κ3) is 3.87. The van der Waals surface area contributed by atoms with Gasteiger partial charge in [-0.1, -0.05) is 11.6 Å². The number of fused-ring (bicyclic) bond motifs is 1. The molecule has 1 heterocycles. The summed E-state index contributed by atoms with van der Waals surface area (Å²) < 4.78 is 33.2. The van der Waals surface area contributed by atoms with Crippen LogP contribution in [0, 0.1) is 0 Å². The Bertz CT molecular complexity index is 1000. The molecule has 2 aromatic carbocycles. The maximum absolute atomic E-state index is 12.2. The molecule has 1 aliphatic heterocycles. The fourth-order valence-electron chi connectivity index (χ4n) is 2.51. The molecule has 0 fully saturated rings. The van der Waals surface area contributed by atoms with Crippen LogP contribution in [-0.2, 0) is 21.2 Å². The minimum absolute atomic E-state index is 0.0754. The second-order valence-electron chi connectivity index (χ2n) is 5.61. The highest BCUT2D eigenvalue weighted by molar-refractivity contribution is 7.89. The number of benzene rings is 2. The first-order valence-electron chi connectivity index (χ1n) is 7.54. The van der Waals surface area contributed by atoms with E-state index < -0.39 is 27.5 Å². The van der Waals surface area contributed by atoms with Crippen LogP contribution in [0.2, 0.25) is 5.02 Å². The first kappa shape index (κ1) is 18.4. The van der Waals surface area contributed by atoms with E-state index in [1.807, 2.05) is 0 Å². The number of esters is 1. The van der Waals surface area contributed by atoms with Gasteiger partial charge in [-0.3, -0.25) is 4.79 Å². The molecule has 0 unspecified atom stereocenters. The van der Waals surface area contributed by atoms with Crippen LogP contribution in [-0.4, -0.2) is 33.4 Å². The minimum Gasteiger partial charge on any atom is -0.493 e. The number of Topliss-reactive ketones (excluding diaryl/α,β-unsaturated/α-hetero) is 1. The molecule has 0 aliphatic carbocycles. The van der Waals surface area contributed by atoms with E-state index in [0.717, 1.165) is 23.8 Å². The molecule has 1 aliphatic rings. The Morgan fingerprint density at radius 2 is 1.88 bits per heavy atom. The summed E-state index contributed by atoms with van der Waals surface area (Å²) in [4.78, 5) is 23.9. The molecule has 0 spiro atoms. The largest absolute Gasteiger partial charge is 0.493 e. The lowest BCUT2D eigenvalue weighted by molar-refractivity contribution is 0.0474. The molecule has 0 radical (unpaired) electrons. The molecule has 0 saturated heterocycles. The fourth-order valence-corrected chi connectivity index (χ4v) is 3.58. The Morgan fingerprint density at radius 1 is 1.15 bits per heavy atom. The van der Waals surface area contributed by atoms with Crippen LogP contribution < -0.4 is 9.88 Å². The molecule has 0 bridgehead atoms. The van der Waals surface area contributed by atoms with Crippen molar-refractivity contribution in [2.45, 2.75) is 11.3 Å². The lowest BCUT2D eigenvalue weighted by Gasteiger charge is -2.07. The van der Waals surface area contributed by atoms with Crippen molar-refractivity contribution in [1.82, 2.24) is 0 Å². The van der Waals surface area contributed by atoms with E-state index in [1.54, 1.807) is 18.2 Å². The van der Waals surface area contributed by atoms with Crippen molar-refractivity contribution < 1.29 is 27.5 Å². The number of halogens is 1. The molecular formula is C17H14ClNO6S. The number of ether oxygens (including phenoxy) is 2. The maximum Gasteiger partial charge on any atom is 0.338 e. The fraction of sp³-hybridized carbons (Fsp3) is 0.176. The van der Waals surface area contributed by atoms with Gasteiger partial charge in [0.25, 0.3) is 0 Å². The van der Waals surface area contributed by atoms with E-state index in [2.05, 4.69) is 0 Å². The molecule has 26 heavy (non-hydrogen) atoms. The number of hydrogen-bond donors (Lipinski definition) is 1. The van der Waals surface area contributed by atoms with Gasteiger partial charge in [-0.15, -0.1) is 0 Å². The van der Waals surface area contributed by atoms with Gasteiger partial charge in [0, 0.05) is 12.0 Å². The summed E-state index contributed by atoms with van der Waals surface area (Å²) >= 11 is 5.76. The number of carbonyl (C=O) groups excluding carboxylic acids is 2. The van der Waals surface area contributed by atoms with E-state index in [4.69, 9.17) is 26.2 Å². The summed E-state index contributed by atoms with van der Waals surface area (Å²) in [7, 11) is -4.09. The van der Waals surface area contributed by atoms with Gasteiger partial charge in [-0.05, 0) is 42.0 Å². The van der Waals surface area contributed by atoms with E-state index in [1.165, 1.54) is 12.1 Å². The van der Waals surface area contributed by atoms with Crippen molar-refractivity contribution in [1.29, 1.82) is 0 Å². The first-order valence-corrected chi connectivity index (χ1v) is 9.46. The molecule has 3 rings (SSSR count). The lowest BCUT2D eigenvalue weighted by Crippen LogP contribution is -2.16. The molecule has 0 aromatic heterocycles. The summed E-state index contributed by atoms with van der Waals surface area (Å²) in [6, 6.07) is 8.53. The van der Waals surface area contributed by atoms with Crippen molar-refractivity contribution in [3.8, 4) is 5.75 Å². The van der Waals surface area contributed by atoms with Crippen LogP contribution in [0.25, 0.3) is 0 Å². The third-order valence-electron chi connectivity index (χ3n) is 3.82. The molecular weight excluding hydrogens is 382 g/mol. The monoisotopic (exact) mass is 395 g/mol. The maximum atomic E-state index is 12.2. The lowest BCUT2D eigenvalue weighted by atomic mass is 10.1. The van der Waals surface area contributed by atoms with Gasteiger partial charge in [0.15, 0.2) is 12.4 Å². The Hall–Kier alpha value is -2.42. The Kier molecular flexibility index (Phi) is 4.99. The molecule has 7 nitrogen and oxygen atoms in total. The van der Waals surface area contributed by atoms with Gasteiger partial charge in [0.2, 0.25) is 10.0 Å². The highest BCUT2D eigenvalue weighted by Crippen LogP contribution is 2.26. The molecule has 9 heteroatoms. The average Bonchev–Trinajstić information content (AvgIpc) is 3.06. The van der Waals surface area contributed by atoms with Gasteiger partial charge in [-0.25, -0.2) is 18.4 Å². The number of ketones is 1. The average molecular weight is 396 g/mol. The summed E-state index contributed by atoms with van der Waals surface area (Å²) in [5, 5.41) is 4.93. The van der Waals surface area contributed by atoms with E-state index in [0.29, 0.717) is 12.2 Å². The molecule has 0 atom stereocenters. The first-order chi connectivity index (χ1) is 12.3. The van der Waals surface area contributed by atoms with Crippen LogP contribution in [0.3, 0.4) is 0 Å². The molecule has 2 N–H and O–H groups in total. The number of hydrogen-bond acceptors (Lipinski definition) is 6. The van der Waals surface area contributed by atoms with Gasteiger partial charge in [0.05, 0.1) is 17.2 Å². The van der Waals surface area contributed by atoms with E-state index in [-0.39, 0.29) is 16.4 Å². The number of sulfonamides is 1. The zero-order valence-corrected chi connectivity index (χ0v) is 15.0. The number of rotatable bonds is 5. The molecule has 2 aromatic rings. The summed E-state index contributed by atoms with van der Waals surface area (Å²) in [6.07, 6.45) is 0.720. The standard InChI is InChI=1S/C17H14ClNO6S/c18-13-3-1-12(8-16(13)26(19,22)23)17(21)25-9-14(20)10-2-4-15-11(7-10)5-6-24-15/h1-4,7-8H,5-6,9H2,(H2,19,22,23). The molecule has 0 amide bonds. The van der Waals surface area contributed by atoms with Crippen LogP contribution in [0.4, 0.5) is 0 Å². The third-order valence-corrected chi connectivity index (χ3v) is 5.21. The van der Waals surface area contributed by atoms with Crippen molar-refractivity contribution in [2.75, 3.05) is 13.2 Å².